The molecule has 1 fully saturated rings. The van der Waals surface area contributed by atoms with Gasteiger partial charge in [0.25, 0.3) is 0 Å². The standard InChI is InChI=1S/C13H26N2O4/c1-11(2)19-6-3-4-14-13(17)8-15-5-7-18-10-12(15)9-16/h11-12,16H,3-10H2,1-2H3,(H,14,17). The number of nitrogens with zero attached hydrogens (tertiary/aromatic N) is 1. The molecule has 1 saturated heterocycles. The van der Waals surface area contributed by atoms with Crippen LogP contribution in [0.5, 0.6) is 0 Å². The Balaban J connectivity index is 2.12. The predicted molar refractivity (Wildman–Crippen MR) is 72.0 cm³/mol. The van der Waals surface area contributed by atoms with Crippen LogP contribution >= 0.6 is 0 Å². The predicted octanol–water partition coefficient (Wildman–Crippen LogP) is -0.389. The van der Waals surface area contributed by atoms with E-state index in [0.29, 0.717) is 39.5 Å². The zero-order valence-electron chi connectivity index (χ0n) is 11.9. The normalized spacial score (nSPS) is 20.7. The smallest absolute Gasteiger partial charge is 0.234 e. The molecule has 0 aromatic heterocycles. The van der Waals surface area contributed by atoms with E-state index < -0.39 is 0 Å². The van der Waals surface area contributed by atoms with Crippen molar-refractivity contribution in [1.29, 1.82) is 0 Å². The molecule has 1 rings (SSSR count). The highest BCUT2D eigenvalue weighted by Crippen LogP contribution is 2.05. The first-order valence-corrected chi connectivity index (χ1v) is 6.94. The summed E-state index contributed by atoms with van der Waals surface area (Å²) in [6.45, 7) is 7.41. The fraction of sp³-hybridized carbons (Fsp3) is 0.923. The summed E-state index contributed by atoms with van der Waals surface area (Å²) in [6, 6.07) is -0.0659. The van der Waals surface area contributed by atoms with Crippen molar-refractivity contribution in [3.63, 3.8) is 0 Å². The molecule has 112 valence electrons. The van der Waals surface area contributed by atoms with E-state index in [4.69, 9.17) is 9.47 Å². The van der Waals surface area contributed by atoms with Crippen LogP contribution in [0.1, 0.15) is 20.3 Å². The Morgan fingerprint density at radius 1 is 1.58 bits per heavy atom. The highest BCUT2D eigenvalue weighted by molar-refractivity contribution is 5.78. The molecule has 6 nitrogen and oxygen atoms in total. The first-order valence-electron chi connectivity index (χ1n) is 6.94. The summed E-state index contributed by atoms with van der Waals surface area (Å²) in [5, 5.41) is 12.1. The van der Waals surface area contributed by atoms with Crippen LogP contribution in [0.15, 0.2) is 0 Å². The van der Waals surface area contributed by atoms with Crippen LogP contribution in [0.4, 0.5) is 0 Å². The molecule has 0 aliphatic carbocycles. The van der Waals surface area contributed by atoms with Crippen molar-refractivity contribution >= 4 is 5.91 Å². The SMILES string of the molecule is CC(C)OCCCNC(=O)CN1CCOCC1CO. The number of hydrogen-bond donors (Lipinski definition) is 2. The molecule has 0 spiro atoms. The first-order chi connectivity index (χ1) is 9.13. The van der Waals surface area contributed by atoms with E-state index in [1.54, 1.807) is 0 Å². The quantitative estimate of drug-likeness (QED) is 0.590. The van der Waals surface area contributed by atoms with Crippen LogP contribution in [-0.4, -0.2) is 74.1 Å². The van der Waals surface area contributed by atoms with Crippen molar-refractivity contribution in [2.45, 2.75) is 32.4 Å². The van der Waals surface area contributed by atoms with E-state index in [0.717, 1.165) is 6.42 Å². The second-order valence-electron chi connectivity index (χ2n) is 5.00. The van der Waals surface area contributed by atoms with Crippen molar-refractivity contribution < 1.29 is 19.4 Å². The van der Waals surface area contributed by atoms with E-state index >= 15 is 0 Å². The van der Waals surface area contributed by atoms with Crippen molar-refractivity contribution in [2.24, 2.45) is 0 Å². The van der Waals surface area contributed by atoms with Crippen molar-refractivity contribution in [3.8, 4) is 0 Å². The second-order valence-corrected chi connectivity index (χ2v) is 5.00. The van der Waals surface area contributed by atoms with Gasteiger partial charge in [0.1, 0.15) is 0 Å². The Morgan fingerprint density at radius 3 is 3.05 bits per heavy atom. The Kier molecular flexibility index (Phi) is 7.97. The van der Waals surface area contributed by atoms with Gasteiger partial charge in [-0.15, -0.1) is 0 Å². The van der Waals surface area contributed by atoms with Gasteiger partial charge in [0.2, 0.25) is 5.91 Å². The number of amides is 1. The molecule has 1 unspecified atom stereocenters. The maximum absolute atomic E-state index is 11.8. The summed E-state index contributed by atoms with van der Waals surface area (Å²) < 4.78 is 10.7. The van der Waals surface area contributed by atoms with Crippen molar-refractivity contribution in [2.75, 3.05) is 46.1 Å². The minimum atomic E-state index is -0.0659. The number of ether oxygens (including phenoxy) is 2. The summed E-state index contributed by atoms with van der Waals surface area (Å²) >= 11 is 0. The van der Waals surface area contributed by atoms with E-state index in [1.165, 1.54) is 0 Å². The molecular formula is C13H26N2O4. The topological polar surface area (TPSA) is 71.0 Å². The molecule has 0 aromatic carbocycles. The minimum Gasteiger partial charge on any atom is -0.395 e. The number of carbonyl (C=O) groups excluding carboxylic acids is 1. The van der Waals surface area contributed by atoms with Gasteiger partial charge in [-0.25, -0.2) is 0 Å². The van der Waals surface area contributed by atoms with Crippen LogP contribution < -0.4 is 5.32 Å². The molecular weight excluding hydrogens is 248 g/mol. The third kappa shape index (κ3) is 6.87. The number of nitrogens with one attached hydrogen (secondary N) is 1. The molecule has 0 bridgehead atoms. The molecule has 2 N–H and O–H groups in total. The number of morpholine rings is 1. The lowest BCUT2D eigenvalue weighted by molar-refractivity contribution is -0.125. The van der Waals surface area contributed by atoms with Crippen LogP contribution in [-0.2, 0) is 14.3 Å². The van der Waals surface area contributed by atoms with E-state index in [1.807, 2.05) is 18.7 Å². The largest absolute Gasteiger partial charge is 0.395 e. The van der Waals surface area contributed by atoms with E-state index in [9.17, 15) is 9.90 Å². The minimum absolute atomic E-state index is 0.00935. The van der Waals surface area contributed by atoms with Gasteiger partial charge < -0.3 is 19.9 Å². The third-order valence-corrected chi connectivity index (χ3v) is 3.00. The Hall–Kier alpha value is -0.690. The average molecular weight is 274 g/mol. The van der Waals surface area contributed by atoms with Gasteiger partial charge >= 0.3 is 0 Å². The lowest BCUT2D eigenvalue weighted by atomic mass is 10.2. The van der Waals surface area contributed by atoms with E-state index in [-0.39, 0.29) is 24.7 Å². The molecule has 0 radical (unpaired) electrons. The summed E-state index contributed by atoms with van der Waals surface area (Å²) in [6.07, 6.45) is 1.05. The first kappa shape index (κ1) is 16.4. The van der Waals surface area contributed by atoms with E-state index in [2.05, 4.69) is 5.32 Å². The number of rotatable bonds is 8. The molecule has 1 aliphatic rings. The van der Waals surface area contributed by atoms with Gasteiger partial charge in [-0.1, -0.05) is 0 Å². The molecule has 1 heterocycles. The van der Waals surface area contributed by atoms with Gasteiger partial charge in [-0.2, -0.15) is 0 Å². The summed E-state index contributed by atoms with van der Waals surface area (Å²) in [5.41, 5.74) is 0. The molecule has 0 saturated carbocycles. The number of aliphatic hydroxyl groups is 1. The molecule has 1 amide bonds. The Bertz CT molecular complexity index is 261. The molecule has 19 heavy (non-hydrogen) atoms. The monoisotopic (exact) mass is 274 g/mol. The third-order valence-electron chi connectivity index (χ3n) is 3.00. The fourth-order valence-corrected chi connectivity index (χ4v) is 1.92. The van der Waals surface area contributed by atoms with Gasteiger partial charge in [0.05, 0.1) is 38.5 Å². The molecule has 0 aromatic rings. The Labute approximate surface area is 115 Å². The Morgan fingerprint density at radius 2 is 2.37 bits per heavy atom. The number of hydrogen-bond acceptors (Lipinski definition) is 5. The lowest BCUT2D eigenvalue weighted by Crippen LogP contribution is -2.51. The van der Waals surface area contributed by atoms with Gasteiger partial charge in [0.15, 0.2) is 0 Å². The maximum atomic E-state index is 11.8. The van der Waals surface area contributed by atoms with Crippen molar-refractivity contribution in [1.82, 2.24) is 10.2 Å². The van der Waals surface area contributed by atoms with Gasteiger partial charge in [-0.3, -0.25) is 9.69 Å². The summed E-state index contributed by atoms with van der Waals surface area (Å²) in [5.74, 6) is -0.00935. The number of aliphatic hydroxyl groups excluding tert-OH is 1. The van der Waals surface area contributed by atoms with Gasteiger partial charge in [0, 0.05) is 19.7 Å². The summed E-state index contributed by atoms with van der Waals surface area (Å²) in [4.78, 5) is 13.7. The van der Waals surface area contributed by atoms with Crippen LogP contribution in [0.25, 0.3) is 0 Å². The highest BCUT2D eigenvalue weighted by atomic mass is 16.5. The average Bonchev–Trinajstić information content (AvgIpc) is 2.38. The lowest BCUT2D eigenvalue weighted by Gasteiger charge is -2.33. The second kappa shape index (κ2) is 9.25. The highest BCUT2D eigenvalue weighted by Gasteiger charge is 2.23. The van der Waals surface area contributed by atoms with Crippen molar-refractivity contribution in [3.05, 3.63) is 0 Å². The summed E-state index contributed by atoms with van der Waals surface area (Å²) in [7, 11) is 0. The molecule has 6 heteroatoms. The molecule has 1 aliphatic heterocycles. The molecule has 1 atom stereocenters. The van der Waals surface area contributed by atoms with Gasteiger partial charge in [-0.05, 0) is 20.3 Å². The van der Waals surface area contributed by atoms with Crippen LogP contribution in [0.2, 0.25) is 0 Å². The zero-order chi connectivity index (χ0) is 14.1. The number of carbonyl (C=O) groups is 1. The van der Waals surface area contributed by atoms with Crippen LogP contribution in [0.3, 0.4) is 0 Å². The fourth-order valence-electron chi connectivity index (χ4n) is 1.92. The zero-order valence-corrected chi connectivity index (χ0v) is 11.9. The van der Waals surface area contributed by atoms with Crippen LogP contribution in [0, 0.1) is 0 Å². The maximum Gasteiger partial charge on any atom is 0.234 e.